The molecule has 0 bridgehead atoms. The third kappa shape index (κ3) is 2.29. The molecule has 1 atom stereocenters. The Morgan fingerprint density at radius 1 is 1.53 bits per heavy atom. The molecule has 0 N–H and O–H groups in total. The second-order valence-electron chi connectivity index (χ2n) is 3.44. The van der Waals surface area contributed by atoms with Crippen molar-refractivity contribution in [3.05, 3.63) is 17.3 Å². The Morgan fingerprint density at radius 2 is 2.33 bits per heavy atom. The molecule has 0 spiro atoms. The largest absolute Gasteiger partial charge is 0.295 e. The molecule has 0 aromatic carbocycles. The summed E-state index contributed by atoms with van der Waals surface area (Å²) in [5.74, 6) is 1.03. The second kappa shape index (κ2) is 4.45. The number of amides is 1. The van der Waals surface area contributed by atoms with Gasteiger partial charge in [-0.1, -0.05) is 27.5 Å². The van der Waals surface area contributed by atoms with E-state index < -0.39 is 0 Å². The number of rotatable bonds is 2. The standard InChI is InChI=1S/C9H9BrClN3O/c10-4-6-3-9(15)14(5-6)8-2-1-7(11)12-13-8/h1-2,6H,3-5H2. The van der Waals surface area contributed by atoms with Crippen LogP contribution in [0.25, 0.3) is 0 Å². The summed E-state index contributed by atoms with van der Waals surface area (Å²) in [4.78, 5) is 13.3. The number of carbonyl (C=O) groups is 1. The molecular formula is C9H9BrClN3O. The highest BCUT2D eigenvalue weighted by Gasteiger charge is 2.30. The van der Waals surface area contributed by atoms with Gasteiger partial charge in [-0.15, -0.1) is 10.2 Å². The normalized spacial score (nSPS) is 21.1. The molecule has 4 nitrogen and oxygen atoms in total. The van der Waals surface area contributed by atoms with Crippen molar-refractivity contribution in [3.63, 3.8) is 0 Å². The maximum absolute atomic E-state index is 11.6. The van der Waals surface area contributed by atoms with Gasteiger partial charge in [0.1, 0.15) is 0 Å². The molecule has 1 aromatic rings. The summed E-state index contributed by atoms with van der Waals surface area (Å²) in [6.07, 6.45) is 0.565. The molecule has 0 aliphatic carbocycles. The van der Waals surface area contributed by atoms with Crippen LogP contribution in [-0.2, 0) is 4.79 Å². The highest BCUT2D eigenvalue weighted by atomic mass is 79.9. The number of hydrogen-bond acceptors (Lipinski definition) is 3. The fraction of sp³-hybridized carbons (Fsp3) is 0.444. The van der Waals surface area contributed by atoms with Gasteiger partial charge in [0.2, 0.25) is 5.91 Å². The van der Waals surface area contributed by atoms with Crippen LogP contribution in [0.2, 0.25) is 5.15 Å². The van der Waals surface area contributed by atoms with Crippen LogP contribution in [-0.4, -0.2) is 28.0 Å². The number of aromatic nitrogens is 2. The van der Waals surface area contributed by atoms with E-state index in [1.807, 2.05) is 0 Å². The zero-order valence-electron chi connectivity index (χ0n) is 7.86. The lowest BCUT2D eigenvalue weighted by molar-refractivity contribution is -0.117. The van der Waals surface area contributed by atoms with E-state index >= 15 is 0 Å². The van der Waals surface area contributed by atoms with Crippen LogP contribution in [0.4, 0.5) is 5.82 Å². The quantitative estimate of drug-likeness (QED) is 0.781. The van der Waals surface area contributed by atoms with Crippen LogP contribution < -0.4 is 4.90 Å². The molecule has 2 heterocycles. The summed E-state index contributed by atoms with van der Waals surface area (Å²) >= 11 is 9.01. The minimum atomic E-state index is 0.0936. The fourth-order valence-corrected chi connectivity index (χ4v) is 2.09. The Balaban J connectivity index is 2.18. The lowest BCUT2D eigenvalue weighted by Crippen LogP contribution is -2.25. The molecule has 1 aliphatic heterocycles. The molecule has 80 valence electrons. The molecule has 1 aliphatic rings. The summed E-state index contributed by atoms with van der Waals surface area (Å²) in [5, 5.41) is 8.77. The Kier molecular flexibility index (Phi) is 3.21. The van der Waals surface area contributed by atoms with E-state index in [9.17, 15) is 4.79 Å². The van der Waals surface area contributed by atoms with Crippen molar-refractivity contribution >= 4 is 39.3 Å². The molecule has 1 saturated heterocycles. The Labute approximate surface area is 101 Å². The molecule has 1 fully saturated rings. The van der Waals surface area contributed by atoms with Gasteiger partial charge in [0.15, 0.2) is 11.0 Å². The average molecular weight is 291 g/mol. The average Bonchev–Trinajstić information content (AvgIpc) is 2.61. The van der Waals surface area contributed by atoms with E-state index in [4.69, 9.17) is 11.6 Å². The maximum atomic E-state index is 11.6. The smallest absolute Gasteiger partial charge is 0.228 e. The summed E-state index contributed by atoms with van der Waals surface area (Å²) in [6, 6.07) is 3.35. The van der Waals surface area contributed by atoms with Crippen molar-refractivity contribution in [1.29, 1.82) is 0 Å². The number of carbonyl (C=O) groups excluding carboxylic acids is 1. The number of hydrogen-bond donors (Lipinski definition) is 0. The minimum absolute atomic E-state index is 0.0936. The van der Waals surface area contributed by atoms with Gasteiger partial charge in [-0.2, -0.15) is 0 Å². The molecule has 6 heteroatoms. The topological polar surface area (TPSA) is 46.1 Å². The van der Waals surface area contributed by atoms with E-state index in [2.05, 4.69) is 26.1 Å². The molecule has 0 radical (unpaired) electrons. The monoisotopic (exact) mass is 289 g/mol. The molecular weight excluding hydrogens is 281 g/mol. The molecule has 15 heavy (non-hydrogen) atoms. The van der Waals surface area contributed by atoms with E-state index in [0.29, 0.717) is 29.9 Å². The predicted molar refractivity (Wildman–Crippen MR) is 61.3 cm³/mol. The second-order valence-corrected chi connectivity index (χ2v) is 4.48. The third-order valence-corrected chi connectivity index (χ3v) is 3.44. The maximum Gasteiger partial charge on any atom is 0.228 e. The molecule has 0 saturated carbocycles. The van der Waals surface area contributed by atoms with E-state index in [0.717, 1.165) is 5.33 Å². The van der Waals surface area contributed by atoms with Gasteiger partial charge in [0, 0.05) is 18.3 Å². The lowest BCUT2D eigenvalue weighted by atomic mass is 10.2. The SMILES string of the molecule is O=C1CC(CBr)CN1c1ccc(Cl)nn1. The first-order valence-corrected chi connectivity index (χ1v) is 6.06. The van der Waals surface area contributed by atoms with Crippen molar-refractivity contribution in [1.82, 2.24) is 10.2 Å². The van der Waals surface area contributed by atoms with Gasteiger partial charge in [0.05, 0.1) is 0 Å². The molecule has 2 rings (SSSR count). The van der Waals surface area contributed by atoms with Crippen LogP contribution in [0.1, 0.15) is 6.42 Å². The minimum Gasteiger partial charge on any atom is -0.295 e. The first-order chi connectivity index (χ1) is 7.20. The van der Waals surface area contributed by atoms with E-state index in [1.54, 1.807) is 17.0 Å². The first-order valence-electron chi connectivity index (χ1n) is 4.56. The third-order valence-electron chi connectivity index (χ3n) is 2.32. The Morgan fingerprint density at radius 3 is 2.87 bits per heavy atom. The van der Waals surface area contributed by atoms with Crippen molar-refractivity contribution < 1.29 is 4.79 Å². The first kappa shape index (κ1) is 10.8. The summed E-state index contributed by atoms with van der Waals surface area (Å²) in [6.45, 7) is 0.695. The van der Waals surface area contributed by atoms with Gasteiger partial charge in [-0.3, -0.25) is 9.69 Å². The fourth-order valence-electron chi connectivity index (χ4n) is 1.56. The molecule has 1 amide bonds. The van der Waals surface area contributed by atoms with Gasteiger partial charge in [0.25, 0.3) is 0 Å². The Hall–Kier alpha value is -0.680. The van der Waals surface area contributed by atoms with Gasteiger partial charge < -0.3 is 0 Å². The van der Waals surface area contributed by atoms with Crippen molar-refractivity contribution in [3.8, 4) is 0 Å². The lowest BCUT2D eigenvalue weighted by Gasteiger charge is -2.13. The van der Waals surface area contributed by atoms with Crippen molar-refractivity contribution in [2.24, 2.45) is 5.92 Å². The van der Waals surface area contributed by atoms with E-state index in [1.165, 1.54) is 0 Å². The molecule has 1 aromatic heterocycles. The zero-order valence-corrected chi connectivity index (χ0v) is 10.2. The van der Waals surface area contributed by atoms with Gasteiger partial charge in [-0.05, 0) is 18.1 Å². The van der Waals surface area contributed by atoms with Crippen molar-refractivity contribution in [2.75, 3.05) is 16.8 Å². The zero-order chi connectivity index (χ0) is 10.8. The van der Waals surface area contributed by atoms with E-state index in [-0.39, 0.29) is 5.91 Å². The van der Waals surface area contributed by atoms with Crippen LogP contribution in [0, 0.1) is 5.92 Å². The summed E-state index contributed by atoms with van der Waals surface area (Å²) < 4.78 is 0. The summed E-state index contributed by atoms with van der Waals surface area (Å²) in [5.41, 5.74) is 0. The molecule has 1 unspecified atom stereocenters. The number of nitrogens with zero attached hydrogens (tertiary/aromatic N) is 3. The number of anilines is 1. The highest BCUT2D eigenvalue weighted by molar-refractivity contribution is 9.09. The van der Waals surface area contributed by atoms with Crippen molar-refractivity contribution in [2.45, 2.75) is 6.42 Å². The van der Waals surface area contributed by atoms with Crippen LogP contribution in [0.15, 0.2) is 12.1 Å². The van der Waals surface area contributed by atoms with Gasteiger partial charge >= 0.3 is 0 Å². The van der Waals surface area contributed by atoms with Crippen LogP contribution >= 0.6 is 27.5 Å². The summed E-state index contributed by atoms with van der Waals surface area (Å²) in [7, 11) is 0. The van der Waals surface area contributed by atoms with Crippen LogP contribution in [0.5, 0.6) is 0 Å². The Bertz CT molecular complexity index is 370. The van der Waals surface area contributed by atoms with Gasteiger partial charge in [-0.25, -0.2) is 0 Å². The highest BCUT2D eigenvalue weighted by Crippen LogP contribution is 2.24. The number of halogens is 2. The van der Waals surface area contributed by atoms with Crippen LogP contribution in [0.3, 0.4) is 0 Å². The predicted octanol–water partition coefficient (Wildman–Crippen LogP) is 1.88. The number of alkyl halides is 1.